The van der Waals surface area contributed by atoms with E-state index in [1.807, 2.05) is 32.0 Å². The van der Waals surface area contributed by atoms with Gasteiger partial charge in [-0.1, -0.05) is 38.1 Å². The summed E-state index contributed by atoms with van der Waals surface area (Å²) in [6.07, 6.45) is 1.51. The van der Waals surface area contributed by atoms with Crippen LogP contribution in [0, 0.1) is 13.8 Å². The maximum atomic E-state index is 12.6. The number of pyridine rings is 1. The van der Waals surface area contributed by atoms with Crippen molar-refractivity contribution in [2.45, 2.75) is 38.5 Å². The number of rotatable bonds is 6. The lowest BCUT2D eigenvalue weighted by molar-refractivity contribution is 0.601. The molecule has 2 aromatic carbocycles. The normalized spacial score (nSPS) is 11.5. The Balaban J connectivity index is 1.77. The number of benzene rings is 2. The quantitative estimate of drug-likeness (QED) is 0.589. The van der Waals surface area contributed by atoms with Crippen LogP contribution in [0.2, 0.25) is 0 Å². The van der Waals surface area contributed by atoms with E-state index in [2.05, 4.69) is 34.9 Å². The third-order valence-corrected chi connectivity index (χ3v) is 6.03. The lowest BCUT2D eigenvalue weighted by atomic mass is 10.0. The fourth-order valence-corrected chi connectivity index (χ4v) is 4.00. The van der Waals surface area contributed by atoms with Crippen molar-refractivity contribution in [3.63, 3.8) is 0 Å². The van der Waals surface area contributed by atoms with Crippen LogP contribution in [-0.2, 0) is 10.0 Å². The summed E-state index contributed by atoms with van der Waals surface area (Å²) in [4.78, 5) is 4.59. The van der Waals surface area contributed by atoms with Gasteiger partial charge in [0.25, 0.3) is 10.0 Å². The highest BCUT2D eigenvalue weighted by atomic mass is 32.2. The van der Waals surface area contributed by atoms with Crippen LogP contribution >= 0.6 is 0 Å². The zero-order valence-corrected chi connectivity index (χ0v) is 17.3. The molecule has 0 spiro atoms. The van der Waals surface area contributed by atoms with Crippen molar-refractivity contribution in [2.75, 3.05) is 10.0 Å². The van der Waals surface area contributed by atoms with Gasteiger partial charge in [0, 0.05) is 5.69 Å². The van der Waals surface area contributed by atoms with Crippen LogP contribution in [0.15, 0.2) is 65.7 Å². The zero-order valence-electron chi connectivity index (χ0n) is 16.5. The molecular formula is C22H25N3O2S. The first kappa shape index (κ1) is 19.9. The second-order valence-electron chi connectivity index (χ2n) is 7.15. The maximum Gasteiger partial charge on any atom is 0.261 e. The van der Waals surface area contributed by atoms with E-state index in [1.54, 1.807) is 30.3 Å². The number of para-hydroxylation sites is 1. The topological polar surface area (TPSA) is 71.1 Å². The van der Waals surface area contributed by atoms with E-state index in [1.165, 1.54) is 11.8 Å². The van der Waals surface area contributed by atoms with Crippen LogP contribution in [0.3, 0.4) is 0 Å². The van der Waals surface area contributed by atoms with E-state index >= 15 is 0 Å². The highest BCUT2D eigenvalue weighted by molar-refractivity contribution is 7.92. The molecule has 0 fully saturated rings. The molecule has 0 aliphatic heterocycles. The van der Waals surface area contributed by atoms with Gasteiger partial charge in [-0.3, -0.25) is 4.72 Å². The monoisotopic (exact) mass is 395 g/mol. The van der Waals surface area contributed by atoms with Crippen molar-refractivity contribution < 1.29 is 8.42 Å². The average Bonchev–Trinajstić information content (AvgIpc) is 2.65. The van der Waals surface area contributed by atoms with E-state index in [0.717, 1.165) is 16.8 Å². The molecule has 0 aliphatic rings. The van der Waals surface area contributed by atoms with Crippen LogP contribution in [0.5, 0.6) is 0 Å². The number of hydrogen-bond acceptors (Lipinski definition) is 4. The smallest absolute Gasteiger partial charge is 0.261 e. The number of nitrogens with zero attached hydrogens (tertiary/aromatic N) is 1. The van der Waals surface area contributed by atoms with Crippen molar-refractivity contribution in [1.82, 2.24) is 4.98 Å². The summed E-state index contributed by atoms with van der Waals surface area (Å²) in [5.41, 5.74) is 4.60. The Morgan fingerprint density at radius 2 is 1.68 bits per heavy atom. The summed E-state index contributed by atoms with van der Waals surface area (Å²) in [6.45, 7) is 8.12. The average molecular weight is 396 g/mol. The number of hydrogen-bond donors (Lipinski definition) is 2. The van der Waals surface area contributed by atoms with Crippen molar-refractivity contribution in [3.8, 4) is 0 Å². The Hall–Kier alpha value is -2.86. The Kier molecular flexibility index (Phi) is 5.70. The Morgan fingerprint density at radius 3 is 2.32 bits per heavy atom. The molecule has 5 nitrogen and oxygen atoms in total. The molecule has 0 atom stereocenters. The van der Waals surface area contributed by atoms with Crippen LogP contribution in [0.1, 0.15) is 36.5 Å². The minimum atomic E-state index is -3.65. The van der Waals surface area contributed by atoms with E-state index in [9.17, 15) is 8.42 Å². The molecule has 3 rings (SSSR count). The van der Waals surface area contributed by atoms with Gasteiger partial charge in [0.15, 0.2) is 0 Å². The first-order valence-corrected chi connectivity index (χ1v) is 10.7. The van der Waals surface area contributed by atoms with Crippen LogP contribution < -0.4 is 10.0 Å². The second-order valence-corrected chi connectivity index (χ2v) is 8.83. The first-order chi connectivity index (χ1) is 13.3. The van der Waals surface area contributed by atoms with E-state index in [-0.39, 0.29) is 4.90 Å². The molecule has 1 aromatic heterocycles. The third kappa shape index (κ3) is 4.51. The number of nitrogens with one attached hydrogen (secondary N) is 2. The summed E-state index contributed by atoms with van der Waals surface area (Å²) < 4.78 is 27.8. The van der Waals surface area contributed by atoms with E-state index < -0.39 is 10.0 Å². The van der Waals surface area contributed by atoms with Gasteiger partial charge in [0.1, 0.15) is 5.82 Å². The van der Waals surface area contributed by atoms with Gasteiger partial charge in [-0.2, -0.15) is 0 Å². The molecule has 0 unspecified atom stereocenters. The molecule has 3 aromatic rings. The van der Waals surface area contributed by atoms with Crippen molar-refractivity contribution >= 4 is 27.2 Å². The molecule has 0 radical (unpaired) electrons. The summed E-state index contributed by atoms with van der Waals surface area (Å²) in [6, 6.07) is 16.6. The largest absolute Gasteiger partial charge is 0.340 e. The van der Waals surface area contributed by atoms with Gasteiger partial charge in [-0.15, -0.1) is 0 Å². The molecule has 146 valence electrons. The number of aryl methyl sites for hydroxylation is 2. The predicted octanol–water partition coefficient (Wildman–Crippen LogP) is 5.37. The van der Waals surface area contributed by atoms with Crippen molar-refractivity contribution in [1.29, 1.82) is 0 Å². The minimum Gasteiger partial charge on any atom is -0.340 e. The highest BCUT2D eigenvalue weighted by Crippen LogP contribution is 2.26. The fraction of sp³-hybridized carbons (Fsp3) is 0.227. The third-order valence-electron chi connectivity index (χ3n) is 4.65. The lowest BCUT2D eigenvalue weighted by Crippen LogP contribution is -2.13. The van der Waals surface area contributed by atoms with Crippen molar-refractivity contribution in [3.05, 3.63) is 77.5 Å². The molecule has 0 saturated carbocycles. The summed E-state index contributed by atoms with van der Waals surface area (Å²) in [7, 11) is -3.65. The van der Waals surface area contributed by atoms with Gasteiger partial charge in [0.05, 0.1) is 16.8 Å². The van der Waals surface area contributed by atoms with Gasteiger partial charge < -0.3 is 5.32 Å². The molecule has 0 saturated heterocycles. The van der Waals surface area contributed by atoms with Crippen LogP contribution in [0.25, 0.3) is 0 Å². The maximum absolute atomic E-state index is 12.6. The molecule has 28 heavy (non-hydrogen) atoms. The van der Waals surface area contributed by atoms with E-state index in [0.29, 0.717) is 17.4 Å². The Morgan fingerprint density at radius 1 is 0.929 bits per heavy atom. The van der Waals surface area contributed by atoms with Gasteiger partial charge in [-0.25, -0.2) is 13.4 Å². The standard InChI is InChI=1S/C22H25N3O2S/c1-15(2)20-7-5-6-8-21(20)24-22-12-10-18(14-23-22)25-28(26,27)19-11-9-16(3)17(4)13-19/h5-15,25H,1-4H3,(H,23,24). The SMILES string of the molecule is Cc1ccc(S(=O)(=O)Nc2ccc(Nc3ccccc3C(C)C)nc2)cc1C. The Labute approximate surface area is 166 Å². The Bertz CT molecular complexity index is 1080. The number of aromatic nitrogens is 1. The summed E-state index contributed by atoms with van der Waals surface area (Å²) in [5, 5.41) is 3.30. The predicted molar refractivity (Wildman–Crippen MR) is 115 cm³/mol. The van der Waals surface area contributed by atoms with Crippen LogP contribution in [-0.4, -0.2) is 13.4 Å². The molecule has 1 heterocycles. The molecule has 0 amide bonds. The fourth-order valence-electron chi connectivity index (χ4n) is 2.88. The highest BCUT2D eigenvalue weighted by Gasteiger charge is 2.15. The first-order valence-electron chi connectivity index (χ1n) is 9.18. The summed E-state index contributed by atoms with van der Waals surface area (Å²) in [5.74, 6) is 1.04. The molecule has 0 aliphatic carbocycles. The van der Waals surface area contributed by atoms with E-state index in [4.69, 9.17) is 0 Å². The van der Waals surface area contributed by atoms with Gasteiger partial charge >= 0.3 is 0 Å². The molecule has 2 N–H and O–H groups in total. The zero-order chi connectivity index (χ0) is 20.3. The number of sulfonamides is 1. The minimum absolute atomic E-state index is 0.240. The van der Waals surface area contributed by atoms with Gasteiger partial charge in [-0.05, 0) is 66.8 Å². The molecule has 6 heteroatoms. The molecule has 0 bridgehead atoms. The van der Waals surface area contributed by atoms with Gasteiger partial charge in [0.2, 0.25) is 0 Å². The van der Waals surface area contributed by atoms with Crippen molar-refractivity contribution in [2.24, 2.45) is 0 Å². The summed E-state index contributed by atoms with van der Waals surface area (Å²) >= 11 is 0. The lowest BCUT2D eigenvalue weighted by Gasteiger charge is -2.14. The number of anilines is 3. The second kappa shape index (κ2) is 8.02. The molecular weight excluding hydrogens is 370 g/mol. The van der Waals surface area contributed by atoms with Crippen LogP contribution in [0.4, 0.5) is 17.2 Å².